The summed E-state index contributed by atoms with van der Waals surface area (Å²) in [5, 5.41) is 13.4. The number of carbonyl (C=O) groups is 1. The molecule has 1 unspecified atom stereocenters. The van der Waals surface area contributed by atoms with Crippen molar-refractivity contribution in [2.45, 2.75) is 18.9 Å². The average molecular weight is 321 g/mol. The maximum absolute atomic E-state index is 11.3. The second-order valence-electron chi connectivity index (χ2n) is 6.41. The van der Waals surface area contributed by atoms with Crippen molar-refractivity contribution in [1.82, 2.24) is 4.98 Å². The zero-order chi connectivity index (χ0) is 16.7. The number of anilines is 1. The molecule has 2 heterocycles. The van der Waals surface area contributed by atoms with Gasteiger partial charge in [0.2, 0.25) is 0 Å². The molecule has 3 aromatic rings. The van der Waals surface area contributed by atoms with E-state index >= 15 is 0 Å². The van der Waals surface area contributed by atoms with Crippen molar-refractivity contribution >= 4 is 33.2 Å². The van der Waals surface area contributed by atoms with E-state index in [4.69, 9.17) is 5.73 Å². The molecule has 5 nitrogen and oxygen atoms in total. The van der Waals surface area contributed by atoms with Gasteiger partial charge < -0.3 is 15.7 Å². The topological polar surface area (TPSA) is 79.5 Å². The third kappa shape index (κ3) is 2.47. The quantitative estimate of drug-likeness (QED) is 0.709. The fourth-order valence-corrected chi connectivity index (χ4v) is 3.61. The number of carboxylic acid groups (broad SMARTS) is 1. The lowest BCUT2D eigenvalue weighted by Crippen LogP contribution is -2.42. The van der Waals surface area contributed by atoms with Crippen LogP contribution in [0.15, 0.2) is 42.7 Å². The molecule has 0 radical (unpaired) electrons. The molecule has 0 spiro atoms. The van der Waals surface area contributed by atoms with E-state index in [2.05, 4.69) is 16.0 Å². The summed E-state index contributed by atoms with van der Waals surface area (Å²) >= 11 is 0. The Kier molecular flexibility index (Phi) is 3.58. The number of hydrogen-bond acceptors (Lipinski definition) is 4. The average Bonchev–Trinajstić information content (AvgIpc) is 2.60. The van der Waals surface area contributed by atoms with Gasteiger partial charge >= 0.3 is 5.97 Å². The van der Waals surface area contributed by atoms with E-state index in [9.17, 15) is 9.90 Å². The van der Waals surface area contributed by atoms with Crippen LogP contribution in [0.4, 0.5) is 5.69 Å². The number of aromatic carboxylic acids is 1. The Hall–Kier alpha value is -2.66. The number of fused-ring (bicyclic) bond motifs is 3. The predicted molar refractivity (Wildman–Crippen MR) is 95.6 cm³/mol. The maximum Gasteiger partial charge on any atom is 0.335 e. The number of pyridine rings is 1. The minimum atomic E-state index is -0.912. The first kappa shape index (κ1) is 14.9. The zero-order valence-corrected chi connectivity index (χ0v) is 13.3. The molecular weight excluding hydrogens is 302 g/mol. The lowest BCUT2D eigenvalue weighted by molar-refractivity contribution is 0.0697. The summed E-state index contributed by atoms with van der Waals surface area (Å²) in [5.41, 5.74) is 7.56. The van der Waals surface area contributed by atoms with Crippen molar-refractivity contribution < 1.29 is 9.90 Å². The van der Waals surface area contributed by atoms with Crippen LogP contribution in [0, 0.1) is 0 Å². The van der Waals surface area contributed by atoms with E-state index in [-0.39, 0.29) is 6.04 Å². The first-order chi connectivity index (χ1) is 11.6. The van der Waals surface area contributed by atoms with E-state index in [0.29, 0.717) is 5.56 Å². The van der Waals surface area contributed by atoms with Crippen molar-refractivity contribution in [3.05, 3.63) is 48.3 Å². The minimum Gasteiger partial charge on any atom is -0.478 e. The summed E-state index contributed by atoms with van der Waals surface area (Å²) in [7, 11) is 0. The predicted octanol–water partition coefficient (Wildman–Crippen LogP) is 3.01. The fourth-order valence-electron chi connectivity index (χ4n) is 3.61. The van der Waals surface area contributed by atoms with Gasteiger partial charge in [-0.25, -0.2) is 4.79 Å². The van der Waals surface area contributed by atoms with Gasteiger partial charge in [0.25, 0.3) is 0 Å². The number of carboxylic acids is 1. The molecule has 1 aromatic heterocycles. The number of benzene rings is 2. The Bertz CT molecular complexity index is 938. The van der Waals surface area contributed by atoms with E-state index in [1.54, 1.807) is 18.3 Å². The van der Waals surface area contributed by atoms with Gasteiger partial charge in [0.15, 0.2) is 0 Å². The molecule has 1 aliphatic rings. The molecule has 0 amide bonds. The summed E-state index contributed by atoms with van der Waals surface area (Å²) in [6, 6.07) is 9.54. The fraction of sp³-hybridized carbons (Fsp3) is 0.263. The van der Waals surface area contributed by atoms with Crippen LogP contribution in [-0.2, 0) is 0 Å². The van der Waals surface area contributed by atoms with Gasteiger partial charge in [0.05, 0.1) is 5.56 Å². The normalized spacial score (nSPS) is 18.2. The summed E-state index contributed by atoms with van der Waals surface area (Å²) in [5.74, 6) is -0.912. The Morgan fingerprint density at radius 3 is 2.88 bits per heavy atom. The first-order valence-corrected chi connectivity index (χ1v) is 8.18. The maximum atomic E-state index is 11.3. The van der Waals surface area contributed by atoms with E-state index < -0.39 is 5.97 Å². The summed E-state index contributed by atoms with van der Waals surface area (Å²) in [6.45, 7) is 1.79. The van der Waals surface area contributed by atoms with Crippen LogP contribution in [0.25, 0.3) is 21.5 Å². The number of aromatic nitrogens is 1. The van der Waals surface area contributed by atoms with Gasteiger partial charge in [-0.3, -0.25) is 4.98 Å². The Labute approximate surface area is 139 Å². The van der Waals surface area contributed by atoms with Crippen molar-refractivity contribution in [3.63, 3.8) is 0 Å². The summed E-state index contributed by atoms with van der Waals surface area (Å²) in [6.07, 6.45) is 5.77. The second kappa shape index (κ2) is 5.76. The molecule has 122 valence electrons. The van der Waals surface area contributed by atoms with E-state index in [1.165, 1.54) is 0 Å². The number of piperidine rings is 1. The molecule has 2 aromatic carbocycles. The third-order valence-corrected chi connectivity index (χ3v) is 4.78. The molecule has 5 heteroatoms. The Balaban J connectivity index is 1.97. The number of rotatable bonds is 2. The smallest absolute Gasteiger partial charge is 0.335 e. The molecule has 1 saturated heterocycles. The SMILES string of the molecule is NC1CCCN(c2cc3cc(C(=O)O)ccc3c3cnccc23)C1. The number of nitrogens with zero attached hydrogens (tertiary/aromatic N) is 2. The van der Waals surface area contributed by atoms with E-state index in [1.807, 2.05) is 18.3 Å². The van der Waals surface area contributed by atoms with Gasteiger partial charge in [-0.05, 0) is 47.9 Å². The summed E-state index contributed by atoms with van der Waals surface area (Å²) in [4.78, 5) is 17.9. The van der Waals surface area contributed by atoms with Gasteiger partial charge in [-0.2, -0.15) is 0 Å². The Morgan fingerprint density at radius 1 is 1.21 bits per heavy atom. The van der Waals surface area contributed by atoms with Gasteiger partial charge in [-0.1, -0.05) is 6.07 Å². The minimum absolute atomic E-state index is 0.177. The molecule has 0 bridgehead atoms. The standard InChI is InChI=1S/C19H19N3O2/c20-14-2-1-7-22(11-14)18-9-13-8-12(19(23)24)3-4-15(13)17-10-21-6-5-16(17)18/h3-6,8-10,14H,1-2,7,11,20H2,(H,23,24). The van der Waals surface area contributed by atoms with Crippen LogP contribution in [0.5, 0.6) is 0 Å². The molecule has 3 N–H and O–H groups in total. The molecule has 1 aliphatic heterocycles. The van der Waals surface area contributed by atoms with Gasteiger partial charge in [-0.15, -0.1) is 0 Å². The number of nitrogens with two attached hydrogens (primary N) is 1. The highest BCUT2D eigenvalue weighted by atomic mass is 16.4. The lowest BCUT2D eigenvalue weighted by Gasteiger charge is -2.33. The molecule has 4 rings (SSSR count). The molecular formula is C19H19N3O2. The van der Waals surface area contributed by atoms with Gasteiger partial charge in [0, 0.05) is 48.0 Å². The van der Waals surface area contributed by atoms with Gasteiger partial charge in [0.1, 0.15) is 0 Å². The van der Waals surface area contributed by atoms with Crippen LogP contribution < -0.4 is 10.6 Å². The zero-order valence-electron chi connectivity index (χ0n) is 13.3. The van der Waals surface area contributed by atoms with Crippen LogP contribution in [-0.4, -0.2) is 35.2 Å². The largest absolute Gasteiger partial charge is 0.478 e. The molecule has 0 saturated carbocycles. The highest BCUT2D eigenvalue weighted by molar-refractivity contribution is 6.13. The van der Waals surface area contributed by atoms with Crippen molar-refractivity contribution in [1.29, 1.82) is 0 Å². The third-order valence-electron chi connectivity index (χ3n) is 4.78. The molecule has 0 aliphatic carbocycles. The van der Waals surface area contributed by atoms with Crippen LogP contribution in [0.2, 0.25) is 0 Å². The van der Waals surface area contributed by atoms with Crippen molar-refractivity contribution in [3.8, 4) is 0 Å². The second-order valence-corrected chi connectivity index (χ2v) is 6.41. The van der Waals surface area contributed by atoms with Crippen LogP contribution in [0.3, 0.4) is 0 Å². The summed E-state index contributed by atoms with van der Waals surface area (Å²) < 4.78 is 0. The lowest BCUT2D eigenvalue weighted by atomic mass is 9.98. The monoisotopic (exact) mass is 321 g/mol. The van der Waals surface area contributed by atoms with Crippen molar-refractivity contribution in [2.75, 3.05) is 18.0 Å². The first-order valence-electron chi connectivity index (χ1n) is 8.18. The number of hydrogen-bond donors (Lipinski definition) is 2. The van der Waals surface area contributed by atoms with Crippen LogP contribution in [0.1, 0.15) is 23.2 Å². The van der Waals surface area contributed by atoms with Crippen LogP contribution >= 0.6 is 0 Å². The molecule has 1 fully saturated rings. The highest BCUT2D eigenvalue weighted by Crippen LogP contribution is 2.35. The van der Waals surface area contributed by atoms with E-state index in [0.717, 1.165) is 53.2 Å². The molecule has 24 heavy (non-hydrogen) atoms. The van der Waals surface area contributed by atoms with Crippen molar-refractivity contribution in [2.24, 2.45) is 5.73 Å². The highest BCUT2D eigenvalue weighted by Gasteiger charge is 2.20. The molecule has 1 atom stereocenters. The Morgan fingerprint density at radius 2 is 2.08 bits per heavy atom.